The van der Waals surface area contributed by atoms with Gasteiger partial charge in [0, 0.05) is 50.4 Å². The van der Waals surface area contributed by atoms with Crippen LogP contribution >= 0.6 is 0 Å². The molecule has 1 aromatic rings. The van der Waals surface area contributed by atoms with E-state index in [-0.39, 0.29) is 28.8 Å². The normalized spacial score (nSPS) is 20.8. The Balaban J connectivity index is 1.55. The van der Waals surface area contributed by atoms with Gasteiger partial charge in [-0.15, -0.1) is 0 Å². The molecule has 0 aromatic heterocycles. The van der Waals surface area contributed by atoms with Crippen LogP contribution in [-0.4, -0.2) is 76.7 Å². The number of nitrogens with two attached hydrogens (primary N) is 1. The van der Waals surface area contributed by atoms with Crippen molar-refractivity contribution < 1.29 is 14.5 Å². The van der Waals surface area contributed by atoms with Crippen molar-refractivity contribution in [2.45, 2.75) is 32.2 Å². The number of carbonyl (C=O) groups excluding carboxylic acids is 2. The number of hydrogen-bond acceptors (Lipinski definition) is 6. The highest BCUT2D eigenvalue weighted by molar-refractivity contribution is 5.95. The van der Waals surface area contributed by atoms with Crippen molar-refractivity contribution in [3.05, 3.63) is 33.9 Å². The molecule has 1 unspecified atom stereocenters. The molecule has 0 spiro atoms. The second-order valence-corrected chi connectivity index (χ2v) is 7.53. The van der Waals surface area contributed by atoms with Crippen LogP contribution in [0.25, 0.3) is 0 Å². The Hall–Kier alpha value is -2.68. The van der Waals surface area contributed by atoms with E-state index in [0.29, 0.717) is 38.8 Å². The number of nitro groups is 1. The Labute approximate surface area is 164 Å². The van der Waals surface area contributed by atoms with Crippen LogP contribution in [0.3, 0.4) is 0 Å². The van der Waals surface area contributed by atoms with Crippen molar-refractivity contribution in [3.63, 3.8) is 0 Å². The molecule has 2 amide bonds. The summed E-state index contributed by atoms with van der Waals surface area (Å²) in [5.41, 5.74) is 5.63. The number of nitro benzene ring substituents is 1. The number of likely N-dealkylation sites (tertiary alicyclic amines) is 1. The molecule has 1 atom stereocenters. The number of nitrogens with zero attached hydrogens (tertiary/aromatic N) is 4. The summed E-state index contributed by atoms with van der Waals surface area (Å²) >= 11 is 0. The van der Waals surface area contributed by atoms with Gasteiger partial charge in [-0.05, 0) is 38.3 Å². The lowest BCUT2D eigenvalue weighted by Gasteiger charge is -2.38. The molecule has 0 bridgehead atoms. The van der Waals surface area contributed by atoms with Gasteiger partial charge in [-0.25, -0.2) is 0 Å². The van der Waals surface area contributed by atoms with Crippen molar-refractivity contribution in [1.82, 2.24) is 14.7 Å². The predicted molar refractivity (Wildman–Crippen MR) is 105 cm³/mol. The van der Waals surface area contributed by atoms with E-state index in [4.69, 9.17) is 5.73 Å². The van der Waals surface area contributed by atoms with Gasteiger partial charge in [0.2, 0.25) is 5.91 Å². The molecule has 2 aliphatic rings. The summed E-state index contributed by atoms with van der Waals surface area (Å²) in [4.78, 5) is 41.4. The average molecular weight is 389 g/mol. The molecule has 0 saturated carbocycles. The van der Waals surface area contributed by atoms with Crippen LogP contribution in [0, 0.1) is 10.1 Å². The largest absolute Gasteiger partial charge is 0.393 e. The average Bonchev–Trinajstić information content (AvgIpc) is 2.68. The Morgan fingerprint density at radius 2 is 1.89 bits per heavy atom. The first-order valence-electron chi connectivity index (χ1n) is 9.72. The maximum Gasteiger partial charge on any atom is 0.292 e. The highest BCUT2D eigenvalue weighted by Crippen LogP contribution is 2.23. The molecular weight excluding hydrogens is 362 g/mol. The van der Waals surface area contributed by atoms with E-state index in [0.717, 1.165) is 19.4 Å². The highest BCUT2D eigenvalue weighted by Gasteiger charge is 2.28. The van der Waals surface area contributed by atoms with Crippen LogP contribution < -0.4 is 5.73 Å². The van der Waals surface area contributed by atoms with Gasteiger partial charge in [0.1, 0.15) is 5.69 Å². The molecular formula is C19H27N5O4. The first-order valence-corrected chi connectivity index (χ1v) is 9.72. The fourth-order valence-corrected chi connectivity index (χ4v) is 3.88. The summed E-state index contributed by atoms with van der Waals surface area (Å²) in [5.74, 6) is -0.0973. The van der Waals surface area contributed by atoms with Crippen LogP contribution in [-0.2, 0) is 4.79 Å². The Morgan fingerprint density at radius 3 is 2.54 bits per heavy atom. The number of piperazine rings is 1. The van der Waals surface area contributed by atoms with E-state index in [9.17, 15) is 19.7 Å². The molecule has 152 valence electrons. The number of nitrogen functional groups attached to an aromatic ring is 1. The number of anilines is 1. The van der Waals surface area contributed by atoms with E-state index < -0.39 is 4.92 Å². The van der Waals surface area contributed by atoms with E-state index in [1.54, 1.807) is 4.90 Å². The van der Waals surface area contributed by atoms with Gasteiger partial charge in [-0.2, -0.15) is 0 Å². The van der Waals surface area contributed by atoms with Gasteiger partial charge in [0.15, 0.2) is 0 Å². The Kier molecular flexibility index (Phi) is 6.13. The monoisotopic (exact) mass is 389 g/mol. The fourth-order valence-electron chi connectivity index (χ4n) is 3.88. The number of carbonyl (C=O) groups is 2. The molecule has 2 aliphatic heterocycles. The smallest absolute Gasteiger partial charge is 0.292 e. The zero-order chi connectivity index (χ0) is 20.3. The van der Waals surface area contributed by atoms with Gasteiger partial charge >= 0.3 is 0 Å². The zero-order valence-electron chi connectivity index (χ0n) is 16.2. The SMILES string of the molecule is CC1CCCCN1C(=O)CN1CCN(C(=O)c2ccc(N)c([N+](=O)[O-])c2)CC1. The quantitative estimate of drug-likeness (QED) is 0.472. The van der Waals surface area contributed by atoms with Crippen LogP contribution in [0.2, 0.25) is 0 Å². The van der Waals surface area contributed by atoms with Crippen molar-refractivity contribution in [2.24, 2.45) is 0 Å². The maximum atomic E-state index is 12.7. The molecule has 2 fully saturated rings. The summed E-state index contributed by atoms with van der Waals surface area (Å²) in [5, 5.41) is 11.0. The number of rotatable bonds is 4. The van der Waals surface area contributed by atoms with E-state index in [1.165, 1.54) is 24.6 Å². The van der Waals surface area contributed by atoms with Crippen molar-refractivity contribution in [2.75, 3.05) is 45.0 Å². The predicted octanol–water partition coefficient (Wildman–Crippen LogP) is 1.34. The minimum absolute atomic E-state index is 0.0387. The van der Waals surface area contributed by atoms with E-state index in [1.807, 2.05) is 4.90 Å². The summed E-state index contributed by atoms with van der Waals surface area (Å²) in [6.45, 7) is 5.49. The molecule has 0 aliphatic carbocycles. The number of benzene rings is 1. The standard InChI is InChI=1S/C19H27N5O4/c1-14-4-2-3-7-23(14)18(25)13-21-8-10-22(11-9-21)19(26)15-5-6-16(20)17(12-15)24(27)28/h5-6,12,14H,2-4,7-11,13,20H2,1H3. The fraction of sp³-hybridized carbons (Fsp3) is 0.579. The number of amides is 2. The summed E-state index contributed by atoms with van der Waals surface area (Å²) in [6, 6.07) is 4.43. The molecule has 9 nitrogen and oxygen atoms in total. The summed E-state index contributed by atoms with van der Waals surface area (Å²) < 4.78 is 0. The Morgan fingerprint density at radius 1 is 1.18 bits per heavy atom. The lowest BCUT2D eigenvalue weighted by atomic mass is 10.0. The van der Waals surface area contributed by atoms with Crippen molar-refractivity contribution in [1.29, 1.82) is 0 Å². The molecule has 9 heteroatoms. The van der Waals surface area contributed by atoms with Gasteiger partial charge in [-0.3, -0.25) is 24.6 Å². The minimum atomic E-state index is -0.586. The molecule has 1 aromatic carbocycles. The third-order valence-corrected chi connectivity index (χ3v) is 5.62. The van der Waals surface area contributed by atoms with Crippen LogP contribution in [0.5, 0.6) is 0 Å². The number of hydrogen-bond donors (Lipinski definition) is 1. The van der Waals surface area contributed by atoms with E-state index >= 15 is 0 Å². The zero-order valence-corrected chi connectivity index (χ0v) is 16.2. The van der Waals surface area contributed by atoms with Crippen LogP contribution in [0.4, 0.5) is 11.4 Å². The van der Waals surface area contributed by atoms with Crippen LogP contribution in [0.15, 0.2) is 18.2 Å². The minimum Gasteiger partial charge on any atom is -0.393 e. The summed E-state index contributed by atoms with van der Waals surface area (Å²) in [6.07, 6.45) is 3.29. The van der Waals surface area contributed by atoms with Gasteiger partial charge in [0.25, 0.3) is 11.6 Å². The third kappa shape index (κ3) is 4.41. The topological polar surface area (TPSA) is 113 Å². The number of piperidine rings is 1. The van der Waals surface area contributed by atoms with Gasteiger partial charge < -0.3 is 15.5 Å². The highest BCUT2D eigenvalue weighted by atomic mass is 16.6. The second-order valence-electron chi connectivity index (χ2n) is 7.53. The molecule has 0 radical (unpaired) electrons. The van der Waals surface area contributed by atoms with Gasteiger partial charge in [0.05, 0.1) is 11.5 Å². The summed E-state index contributed by atoms with van der Waals surface area (Å²) in [7, 11) is 0. The molecule has 2 saturated heterocycles. The molecule has 28 heavy (non-hydrogen) atoms. The maximum absolute atomic E-state index is 12.7. The van der Waals surface area contributed by atoms with Crippen LogP contribution in [0.1, 0.15) is 36.5 Å². The first-order chi connectivity index (χ1) is 13.4. The van der Waals surface area contributed by atoms with E-state index in [2.05, 4.69) is 11.8 Å². The van der Waals surface area contributed by atoms with Crippen molar-refractivity contribution in [3.8, 4) is 0 Å². The second kappa shape index (κ2) is 8.55. The lowest BCUT2D eigenvalue weighted by molar-refractivity contribution is -0.383. The lowest BCUT2D eigenvalue weighted by Crippen LogP contribution is -2.53. The Bertz CT molecular complexity index is 761. The first kappa shape index (κ1) is 20.1. The third-order valence-electron chi connectivity index (χ3n) is 5.62. The molecule has 3 rings (SSSR count). The molecule has 2 N–H and O–H groups in total. The van der Waals surface area contributed by atoms with Crippen molar-refractivity contribution >= 4 is 23.2 Å². The molecule has 2 heterocycles. The van der Waals surface area contributed by atoms with Gasteiger partial charge in [-0.1, -0.05) is 0 Å².